The van der Waals surface area contributed by atoms with Crippen molar-refractivity contribution >= 4 is 0 Å². The van der Waals surface area contributed by atoms with Crippen molar-refractivity contribution in [3.05, 3.63) is 30.1 Å². The third-order valence-electron chi connectivity index (χ3n) is 4.65. The molecule has 0 spiro atoms. The van der Waals surface area contributed by atoms with Gasteiger partial charge in [0.25, 0.3) is 0 Å². The zero-order valence-corrected chi connectivity index (χ0v) is 13.8. The van der Waals surface area contributed by atoms with Crippen molar-refractivity contribution in [1.82, 2.24) is 10.3 Å². The summed E-state index contributed by atoms with van der Waals surface area (Å²) in [5, 5.41) is 3.68. The number of hydrogen-bond acceptors (Lipinski definition) is 3. The highest BCUT2D eigenvalue weighted by molar-refractivity contribution is 5.09. The highest BCUT2D eigenvalue weighted by Crippen LogP contribution is 2.38. The zero-order chi connectivity index (χ0) is 15.1. The Morgan fingerprint density at radius 3 is 2.90 bits per heavy atom. The number of pyridine rings is 1. The number of nitrogens with one attached hydrogen (secondary N) is 1. The van der Waals surface area contributed by atoms with Gasteiger partial charge in [0.05, 0.1) is 5.60 Å². The first-order valence-electron chi connectivity index (χ1n) is 8.47. The number of ether oxygens (including phenoxy) is 1. The number of likely N-dealkylation sites (N-methyl/N-ethyl adjacent to an activating group) is 1. The Kier molecular flexibility index (Phi) is 6.19. The number of aromatic nitrogens is 1. The van der Waals surface area contributed by atoms with Crippen molar-refractivity contribution in [1.29, 1.82) is 0 Å². The lowest BCUT2D eigenvalue weighted by Crippen LogP contribution is -2.56. The van der Waals surface area contributed by atoms with E-state index in [0.717, 1.165) is 44.0 Å². The normalized spacial score (nSPS) is 27.5. The van der Waals surface area contributed by atoms with Crippen molar-refractivity contribution in [2.75, 3.05) is 13.2 Å². The fourth-order valence-electron chi connectivity index (χ4n) is 3.80. The van der Waals surface area contributed by atoms with Crippen LogP contribution in [0.4, 0.5) is 0 Å². The second-order valence-corrected chi connectivity index (χ2v) is 6.33. The fraction of sp³-hybridized carbons (Fsp3) is 0.722. The SMILES string of the molecule is CCNC(Cc1ccccn1)C1(OCC)CCCC(C)C1. The number of rotatable bonds is 7. The van der Waals surface area contributed by atoms with E-state index in [2.05, 4.69) is 43.2 Å². The van der Waals surface area contributed by atoms with Gasteiger partial charge >= 0.3 is 0 Å². The van der Waals surface area contributed by atoms with Gasteiger partial charge in [0, 0.05) is 31.0 Å². The standard InChI is InChI=1S/C18H30N2O/c1-4-19-17(13-16-10-6-7-12-20-16)18(21-5-2)11-8-9-15(3)14-18/h6-7,10,12,15,17,19H,4-5,8-9,11,13-14H2,1-3H3. The first kappa shape index (κ1) is 16.4. The lowest BCUT2D eigenvalue weighted by Gasteiger charge is -2.45. The fourth-order valence-corrected chi connectivity index (χ4v) is 3.80. The summed E-state index contributed by atoms with van der Waals surface area (Å²) in [5.74, 6) is 0.746. The molecule has 1 saturated carbocycles. The van der Waals surface area contributed by atoms with Gasteiger partial charge in [-0.1, -0.05) is 32.8 Å². The third kappa shape index (κ3) is 4.27. The summed E-state index contributed by atoms with van der Waals surface area (Å²) in [4.78, 5) is 4.51. The Morgan fingerprint density at radius 2 is 2.29 bits per heavy atom. The molecule has 3 atom stereocenters. The van der Waals surface area contributed by atoms with Crippen LogP contribution in [-0.4, -0.2) is 29.8 Å². The van der Waals surface area contributed by atoms with E-state index in [1.54, 1.807) is 0 Å². The van der Waals surface area contributed by atoms with E-state index < -0.39 is 0 Å². The molecule has 0 aliphatic heterocycles. The number of hydrogen-bond donors (Lipinski definition) is 1. The van der Waals surface area contributed by atoms with Crippen LogP contribution in [0.5, 0.6) is 0 Å². The lowest BCUT2D eigenvalue weighted by atomic mass is 9.73. The molecule has 0 saturated heterocycles. The predicted molar refractivity (Wildman–Crippen MR) is 87.4 cm³/mol. The Hall–Kier alpha value is -0.930. The molecular weight excluding hydrogens is 260 g/mol. The molecule has 1 heterocycles. The Morgan fingerprint density at radius 1 is 1.43 bits per heavy atom. The molecule has 3 nitrogen and oxygen atoms in total. The second kappa shape index (κ2) is 7.90. The molecule has 2 rings (SSSR count). The Balaban J connectivity index is 2.19. The minimum atomic E-state index is -0.0278. The molecule has 0 bridgehead atoms. The maximum atomic E-state index is 6.34. The van der Waals surface area contributed by atoms with Crippen LogP contribution in [0, 0.1) is 5.92 Å². The average molecular weight is 290 g/mol. The number of nitrogens with zero attached hydrogens (tertiary/aromatic N) is 1. The van der Waals surface area contributed by atoms with E-state index in [-0.39, 0.29) is 5.60 Å². The van der Waals surface area contributed by atoms with Gasteiger partial charge in [-0.25, -0.2) is 0 Å². The van der Waals surface area contributed by atoms with E-state index in [9.17, 15) is 0 Å². The van der Waals surface area contributed by atoms with Crippen LogP contribution in [0.15, 0.2) is 24.4 Å². The highest BCUT2D eigenvalue weighted by atomic mass is 16.5. The van der Waals surface area contributed by atoms with E-state index >= 15 is 0 Å². The van der Waals surface area contributed by atoms with Gasteiger partial charge in [0.2, 0.25) is 0 Å². The zero-order valence-electron chi connectivity index (χ0n) is 13.8. The molecule has 1 aromatic rings. The second-order valence-electron chi connectivity index (χ2n) is 6.33. The lowest BCUT2D eigenvalue weighted by molar-refractivity contribution is -0.1000. The van der Waals surface area contributed by atoms with E-state index in [0.29, 0.717) is 6.04 Å². The summed E-state index contributed by atoms with van der Waals surface area (Å²) in [5.41, 5.74) is 1.13. The van der Waals surface area contributed by atoms with Gasteiger partial charge in [0.1, 0.15) is 0 Å². The van der Waals surface area contributed by atoms with E-state index in [1.165, 1.54) is 12.8 Å². The molecule has 1 aliphatic carbocycles. The van der Waals surface area contributed by atoms with Gasteiger partial charge < -0.3 is 10.1 Å². The maximum absolute atomic E-state index is 6.34. The highest BCUT2D eigenvalue weighted by Gasteiger charge is 2.42. The molecule has 0 radical (unpaired) electrons. The van der Waals surface area contributed by atoms with Crippen LogP contribution in [0.1, 0.15) is 52.1 Å². The smallest absolute Gasteiger partial charge is 0.0840 e. The molecule has 1 fully saturated rings. The molecule has 0 aromatic carbocycles. The van der Waals surface area contributed by atoms with Crippen molar-refractivity contribution in [3.8, 4) is 0 Å². The van der Waals surface area contributed by atoms with Crippen LogP contribution in [0.2, 0.25) is 0 Å². The van der Waals surface area contributed by atoms with Gasteiger partial charge in [-0.2, -0.15) is 0 Å². The molecule has 1 aliphatic rings. The van der Waals surface area contributed by atoms with Crippen molar-refractivity contribution < 1.29 is 4.74 Å². The van der Waals surface area contributed by atoms with Crippen molar-refractivity contribution in [2.24, 2.45) is 5.92 Å². The van der Waals surface area contributed by atoms with Crippen LogP contribution in [0.25, 0.3) is 0 Å². The van der Waals surface area contributed by atoms with Crippen molar-refractivity contribution in [3.63, 3.8) is 0 Å². The molecule has 21 heavy (non-hydrogen) atoms. The largest absolute Gasteiger partial charge is 0.374 e. The van der Waals surface area contributed by atoms with Crippen LogP contribution < -0.4 is 5.32 Å². The molecule has 118 valence electrons. The summed E-state index contributed by atoms with van der Waals surface area (Å²) in [6, 6.07) is 6.52. The van der Waals surface area contributed by atoms with Crippen LogP contribution in [0.3, 0.4) is 0 Å². The summed E-state index contributed by atoms with van der Waals surface area (Å²) < 4.78 is 6.34. The minimum Gasteiger partial charge on any atom is -0.374 e. The maximum Gasteiger partial charge on any atom is 0.0840 e. The van der Waals surface area contributed by atoms with Gasteiger partial charge in [-0.15, -0.1) is 0 Å². The molecular formula is C18H30N2O. The first-order chi connectivity index (χ1) is 10.2. The van der Waals surface area contributed by atoms with E-state index in [4.69, 9.17) is 4.74 Å². The monoisotopic (exact) mass is 290 g/mol. The summed E-state index contributed by atoms with van der Waals surface area (Å²) >= 11 is 0. The van der Waals surface area contributed by atoms with E-state index in [1.807, 2.05) is 12.3 Å². The molecule has 3 unspecified atom stereocenters. The van der Waals surface area contributed by atoms with Gasteiger partial charge in [-0.3, -0.25) is 4.98 Å². The van der Waals surface area contributed by atoms with Gasteiger partial charge in [-0.05, 0) is 44.4 Å². The van der Waals surface area contributed by atoms with Crippen LogP contribution >= 0.6 is 0 Å². The topological polar surface area (TPSA) is 34.2 Å². The molecule has 1 aromatic heterocycles. The first-order valence-corrected chi connectivity index (χ1v) is 8.47. The molecule has 1 N–H and O–H groups in total. The average Bonchev–Trinajstić information content (AvgIpc) is 2.48. The molecule has 3 heteroatoms. The van der Waals surface area contributed by atoms with Gasteiger partial charge in [0.15, 0.2) is 0 Å². The van der Waals surface area contributed by atoms with Crippen LogP contribution in [-0.2, 0) is 11.2 Å². The predicted octanol–water partition coefficient (Wildman–Crippen LogP) is 3.59. The summed E-state index contributed by atoms with van der Waals surface area (Å²) in [6.45, 7) is 8.41. The third-order valence-corrected chi connectivity index (χ3v) is 4.65. The summed E-state index contributed by atoms with van der Waals surface area (Å²) in [7, 11) is 0. The Bertz CT molecular complexity index is 405. The molecule has 0 amide bonds. The summed E-state index contributed by atoms with van der Waals surface area (Å²) in [6.07, 6.45) is 7.75. The quantitative estimate of drug-likeness (QED) is 0.833. The Labute approximate surface area is 129 Å². The van der Waals surface area contributed by atoms with Crippen molar-refractivity contribution in [2.45, 2.75) is 64.5 Å². The minimum absolute atomic E-state index is 0.0278.